The Bertz CT molecular complexity index is 0. The van der Waals surface area contributed by atoms with Crippen molar-refractivity contribution in [1.29, 1.82) is 0 Å². The summed E-state index contributed by atoms with van der Waals surface area (Å²) in [5.74, 6) is 0. The summed E-state index contributed by atoms with van der Waals surface area (Å²) in [6, 6.07) is 0. The third-order valence-corrected chi connectivity index (χ3v) is 0. The molecule has 0 bridgehead atoms. The second-order valence-electron chi connectivity index (χ2n) is 0. The second-order valence-corrected chi connectivity index (χ2v) is 0. The van der Waals surface area contributed by atoms with Crippen molar-refractivity contribution in [2.75, 3.05) is 0 Å². The van der Waals surface area contributed by atoms with Crippen LogP contribution >= 0.6 is 0 Å². The summed E-state index contributed by atoms with van der Waals surface area (Å²) >= 11 is 0. The Morgan fingerprint density at radius 2 is 0.0196 bits per heavy atom. The quantitative estimate of drug-likeness (QED) is 0.321. The van der Waals surface area contributed by atoms with Crippen LogP contribution in [0.3, 0.4) is 0 Å². The predicted molar refractivity (Wildman–Crippen MR) is 0 cm³/mol. The summed E-state index contributed by atoms with van der Waals surface area (Å²) in [7, 11) is 0. The van der Waals surface area contributed by atoms with Gasteiger partial charge in [-0.1, -0.05) is 0 Å². The van der Waals surface area contributed by atoms with Crippen LogP contribution in [0.15, 0.2) is 0 Å². The Morgan fingerprint density at radius 3 is 0.0196 bits per heavy atom. The minimum Gasteiger partial charge on any atom is 0 e. The van der Waals surface area contributed by atoms with Gasteiger partial charge in [0.15, 0.2) is 0 Å². The van der Waals surface area contributed by atoms with E-state index in [1.807, 2.05) is 0 Å². The van der Waals surface area contributed by atoms with Crippen molar-refractivity contribution in [2.24, 2.45) is 0 Å². The van der Waals surface area contributed by atoms with E-state index in [2.05, 4.69) is 0 Å². The largest absolute Gasteiger partial charge is 0 e. The average molecular weight is 7080 g/mol. The van der Waals surface area contributed by atoms with Gasteiger partial charge in [0.05, 0.1) is 0 Å². The van der Waals surface area contributed by atoms with E-state index in [9.17, 15) is 0 Å². The Kier molecular flexibility index (Phi) is 2630. The van der Waals surface area contributed by atoms with E-state index in [0.717, 1.165) is 0 Å². The molecule has 0 unspecified atom stereocenters. The summed E-state index contributed by atoms with van der Waals surface area (Å²) in [4.78, 5) is 0. The molecular formula is La51. The van der Waals surface area contributed by atoms with Gasteiger partial charge in [0.25, 0.3) is 0 Å². The smallest absolute Gasteiger partial charge is 0 e. The zero-order valence-corrected chi connectivity index (χ0v) is 214. The third-order valence-electron chi connectivity index (χ3n) is 0. The Hall–Kier alpha value is 60.9. The first kappa shape index (κ1) is 371. The van der Waals surface area contributed by atoms with Crippen molar-refractivity contribution < 1.29 is 1820 Å². The van der Waals surface area contributed by atoms with Crippen molar-refractivity contribution in [3.63, 3.8) is 0 Å². The zero-order valence-electron chi connectivity index (χ0n) is 29.4. The first-order valence-electron chi connectivity index (χ1n) is 0. The molecule has 0 aliphatic heterocycles. The molecule has 0 nitrogen and oxygen atoms in total. The van der Waals surface area contributed by atoms with Crippen molar-refractivity contribution in [1.82, 2.24) is 0 Å². The second kappa shape index (κ2) is 361. The molecule has 0 aliphatic carbocycles. The van der Waals surface area contributed by atoms with E-state index in [4.69, 9.17) is 0 Å². The fourth-order valence-corrected chi connectivity index (χ4v) is 0. The maximum atomic E-state index is 0. The van der Waals surface area contributed by atoms with Crippen LogP contribution in [-0.4, -0.2) is 0 Å². The van der Waals surface area contributed by atoms with Crippen LogP contribution in [0, 0.1) is 1820 Å². The molecule has 0 aromatic carbocycles. The maximum Gasteiger partial charge on any atom is 0 e. The molecule has 0 heterocycles. The number of rotatable bonds is 0. The molecule has 0 aliphatic rings. The number of hydrogen-bond donors (Lipinski definition) is 0. The van der Waals surface area contributed by atoms with Crippen LogP contribution in [0.5, 0.6) is 0 Å². The normalized spacial score (nSPS) is 0. The zero-order chi connectivity index (χ0) is 0. The van der Waals surface area contributed by atoms with Gasteiger partial charge in [-0.2, -0.15) is 0 Å². The van der Waals surface area contributed by atoms with Gasteiger partial charge in [-0.05, 0) is 0 Å². The molecule has 0 aromatic heterocycles. The molecule has 153 valence electrons. The standard InChI is InChI=1S/51La. The van der Waals surface area contributed by atoms with Gasteiger partial charge in [0.1, 0.15) is 0 Å². The fraction of sp³-hybridized carbons (Fsp3) is 0. The van der Waals surface area contributed by atoms with E-state index in [1.54, 1.807) is 0 Å². The Balaban J connectivity index is 0. The fourth-order valence-electron chi connectivity index (χ4n) is 0. The van der Waals surface area contributed by atoms with Gasteiger partial charge in [0.2, 0.25) is 0 Å². The van der Waals surface area contributed by atoms with Crippen LogP contribution in [0.25, 0.3) is 0 Å². The van der Waals surface area contributed by atoms with Crippen molar-refractivity contribution in [3.8, 4) is 0 Å². The molecule has 0 rings (SSSR count). The molecule has 51 heteroatoms. The summed E-state index contributed by atoms with van der Waals surface area (Å²) in [6.07, 6.45) is 0. The van der Waals surface area contributed by atoms with Crippen LogP contribution in [0.4, 0.5) is 0 Å². The van der Waals surface area contributed by atoms with Crippen LogP contribution < -0.4 is 0 Å². The van der Waals surface area contributed by atoms with Crippen LogP contribution in [-0.2, 0) is 0 Å². The minimum absolute atomic E-state index is 0. The third kappa shape index (κ3) is 355. The van der Waals surface area contributed by atoms with Crippen LogP contribution in [0.1, 0.15) is 0 Å². The molecule has 0 amide bonds. The molecular weight excluding hydrogens is 7080 g/mol. The maximum absolute atomic E-state index is 0. The van der Waals surface area contributed by atoms with Crippen LogP contribution in [0.2, 0.25) is 0 Å². The molecule has 0 spiro atoms. The van der Waals surface area contributed by atoms with Gasteiger partial charge in [-0.3, -0.25) is 0 Å². The summed E-state index contributed by atoms with van der Waals surface area (Å²) in [5.41, 5.74) is 0. The molecule has 51 heavy (non-hydrogen) atoms. The number of hydrogen-bond acceptors (Lipinski definition) is 0. The van der Waals surface area contributed by atoms with E-state index in [1.165, 1.54) is 0 Å². The van der Waals surface area contributed by atoms with Gasteiger partial charge in [-0.25, -0.2) is 0 Å². The summed E-state index contributed by atoms with van der Waals surface area (Å²) in [6.45, 7) is 0. The van der Waals surface area contributed by atoms with Crippen molar-refractivity contribution >= 4 is 0 Å². The molecule has 0 aromatic rings. The topological polar surface area (TPSA) is 0 Å². The van der Waals surface area contributed by atoms with Gasteiger partial charge in [-0.15, -0.1) is 0 Å². The minimum atomic E-state index is 0. The molecule has 0 atom stereocenters. The summed E-state index contributed by atoms with van der Waals surface area (Å²) < 4.78 is 0. The van der Waals surface area contributed by atoms with E-state index >= 15 is 0 Å². The van der Waals surface area contributed by atoms with Crippen molar-refractivity contribution in [3.05, 3.63) is 0 Å². The van der Waals surface area contributed by atoms with Gasteiger partial charge < -0.3 is 0 Å². The van der Waals surface area contributed by atoms with Gasteiger partial charge >= 0.3 is 0 Å². The molecule has 0 fully saturated rings. The molecule has 0 saturated carbocycles. The van der Waals surface area contributed by atoms with Gasteiger partial charge in [0, 0.05) is 1820 Å². The monoisotopic (exact) mass is 7080 g/mol. The van der Waals surface area contributed by atoms with E-state index < -0.39 is 0 Å². The summed E-state index contributed by atoms with van der Waals surface area (Å²) in [5, 5.41) is 0. The van der Waals surface area contributed by atoms with E-state index in [-0.39, 0.29) is 1820 Å². The predicted octanol–water partition coefficient (Wildman–Crippen LogP) is 0. The Labute approximate surface area is 1740 Å². The van der Waals surface area contributed by atoms with Crippen molar-refractivity contribution in [2.45, 2.75) is 0 Å². The first-order valence-corrected chi connectivity index (χ1v) is 0. The molecule has 51 radical (unpaired) electrons. The average Bonchev–Trinajstić information content (AvgIpc) is 0. The SMILES string of the molecule is [La].[La].[La].[La].[La].[La].[La].[La].[La].[La].[La].[La].[La].[La].[La].[La].[La].[La].[La].[La].[La].[La].[La].[La].[La].[La].[La].[La].[La].[La].[La].[La].[La].[La].[La].[La].[La].[La].[La].[La].[La].[La].[La].[La].[La].[La].[La].[La].[La].[La].[La]. The first-order chi connectivity index (χ1) is 0. The molecule has 0 N–H and O–H groups in total. The molecule has 0 saturated heterocycles. The Morgan fingerprint density at radius 1 is 0.0196 bits per heavy atom. The van der Waals surface area contributed by atoms with E-state index in [0.29, 0.717) is 0 Å².